The Balaban J connectivity index is 0.00000112. The average molecular weight is 224 g/mol. The Morgan fingerprint density at radius 2 is 1.93 bits per heavy atom. The molecule has 1 heterocycles. The van der Waals surface area contributed by atoms with E-state index in [-0.39, 0.29) is 12.4 Å². The summed E-state index contributed by atoms with van der Waals surface area (Å²) in [5, 5.41) is 1.18. The molecule has 4 heteroatoms. The third-order valence-corrected chi connectivity index (χ3v) is 2.32. The molecule has 0 spiro atoms. The highest BCUT2D eigenvalue weighted by atomic mass is 35.5. The van der Waals surface area contributed by atoms with Crippen LogP contribution in [0.5, 0.6) is 0 Å². The van der Waals surface area contributed by atoms with Crippen molar-refractivity contribution in [2.24, 2.45) is 5.84 Å². The third-order valence-electron chi connectivity index (χ3n) is 2.32. The lowest BCUT2D eigenvalue weighted by Crippen LogP contribution is -2.08. The molecule has 0 saturated heterocycles. The predicted molar refractivity (Wildman–Crippen MR) is 66.3 cm³/mol. The van der Waals surface area contributed by atoms with Gasteiger partial charge in [0.15, 0.2) is 0 Å². The molecule has 80 valence electrons. The molecule has 0 bridgehead atoms. The number of hydrogen-bond donors (Lipinski definition) is 2. The number of aromatic nitrogens is 1. The summed E-state index contributed by atoms with van der Waals surface area (Å²) in [5.74, 6) is 6.04. The summed E-state index contributed by atoms with van der Waals surface area (Å²) in [6, 6.07) is 8.18. The molecule has 0 radical (unpaired) electrons. The van der Waals surface area contributed by atoms with Crippen LogP contribution in [0.4, 0.5) is 5.82 Å². The van der Waals surface area contributed by atoms with E-state index in [0.29, 0.717) is 5.82 Å². The van der Waals surface area contributed by atoms with Gasteiger partial charge in [-0.05, 0) is 37.1 Å². The number of halogens is 1. The van der Waals surface area contributed by atoms with Gasteiger partial charge in [-0.2, -0.15) is 0 Å². The maximum atomic E-state index is 5.34. The van der Waals surface area contributed by atoms with Crippen LogP contribution in [0, 0.1) is 13.8 Å². The number of hydrogen-bond acceptors (Lipinski definition) is 3. The van der Waals surface area contributed by atoms with Gasteiger partial charge < -0.3 is 5.43 Å². The SMILES string of the molecule is Cc1ccc2c(C)cc(NN)nc2c1.Cl. The van der Waals surface area contributed by atoms with Gasteiger partial charge in [0.25, 0.3) is 0 Å². The molecule has 0 saturated carbocycles. The van der Waals surface area contributed by atoms with E-state index in [1.807, 2.05) is 6.07 Å². The number of nitrogens with two attached hydrogens (primary N) is 1. The second-order valence-electron chi connectivity index (χ2n) is 3.49. The molecule has 0 fully saturated rings. The number of anilines is 1. The van der Waals surface area contributed by atoms with Crippen molar-refractivity contribution in [1.29, 1.82) is 0 Å². The summed E-state index contributed by atoms with van der Waals surface area (Å²) >= 11 is 0. The smallest absolute Gasteiger partial charge is 0.140 e. The molecule has 0 aliphatic heterocycles. The number of nitrogen functional groups attached to an aromatic ring is 1. The number of fused-ring (bicyclic) bond motifs is 1. The van der Waals surface area contributed by atoms with E-state index < -0.39 is 0 Å². The van der Waals surface area contributed by atoms with Gasteiger partial charge in [0, 0.05) is 5.39 Å². The van der Waals surface area contributed by atoms with E-state index in [1.165, 1.54) is 16.5 Å². The average Bonchev–Trinajstić information content (AvgIpc) is 2.16. The van der Waals surface area contributed by atoms with Gasteiger partial charge in [-0.25, -0.2) is 10.8 Å². The van der Waals surface area contributed by atoms with E-state index in [0.717, 1.165) is 5.52 Å². The fraction of sp³-hybridized carbons (Fsp3) is 0.182. The summed E-state index contributed by atoms with van der Waals surface area (Å²) in [6.07, 6.45) is 0. The molecule has 1 aromatic heterocycles. The highest BCUT2D eigenvalue weighted by Gasteiger charge is 2.01. The second kappa shape index (κ2) is 4.47. The number of nitrogens with zero attached hydrogens (tertiary/aromatic N) is 1. The van der Waals surface area contributed by atoms with Gasteiger partial charge in [0.05, 0.1) is 5.52 Å². The zero-order valence-electron chi connectivity index (χ0n) is 8.74. The van der Waals surface area contributed by atoms with Crippen LogP contribution in [0.25, 0.3) is 10.9 Å². The molecule has 0 atom stereocenters. The standard InChI is InChI=1S/C11H13N3.ClH/c1-7-3-4-9-8(2)6-11(14-12)13-10(9)5-7;/h3-6H,12H2,1-2H3,(H,13,14);1H. The van der Waals surface area contributed by atoms with E-state index in [4.69, 9.17) is 5.84 Å². The first kappa shape index (κ1) is 11.8. The predicted octanol–water partition coefficient (Wildman–Crippen LogP) is 2.56. The zero-order chi connectivity index (χ0) is 10.1. The van der Waals surface area contributed by atoms with E-state index in [2.05, 4.69) is 42.5 Å². The van der Waals surface area contributed by atoms with Crippen molar-refractivity contribution in [1.82, 2.24) is 4.98 Å². The van der Waals surface area contributed by atoms with E-state index >= 15 is 0 Å². The Kier molecular flexibility index (Phi) is 3.50. The van der Waals surface area contributed by atoms with Crippen molar-refractivity contribution in [3.63, 3.8) is 0 Å². The largest absolute Gasteiger partial charge is 0.308 e. The number of hydrazine groups is 1. The molecule has 0 aliphatic carbocycles. The molecular formula is C11H14ClN3. The topological polar surface area (TPSA) is 50.9 Å². The first-order valence-electron chi connectivity index (χ1n) is 4.55. The van der Waals surface area contributed by atoms with Crippen LogP contribution in [-0.2, 0) is 0 Å². The second-order valence-corrected chi connectivity index (χ2v) is 3.49. The van der Waals surface area contributed by atoms with Crippen LogP contribution in [-0.4, -0.2) is 4.98 Å². The quantitative estimate of drug-likeness (QED) is 0.577. The highest BCUT2D eigenvalue weighted by Crippen LogP contribution is 2.20. The molecule has 0 amide bonds. The van der Waals surface area contributed by atoms with Crippen LogP contribution in [0.2, 0.25) is 0 Å². The lowest BCUT2D eigenvalue weighted by Gasteiger charge is -2.06. The van der Waals surface area contributed by atoms with E-state index in [1.54, 1.807) is 0 Å². The van der Waals surface area contributed by atoms with Crippen LogP contribution >= 0.6 is 12.4 Å². The maximum Gasteiger partial charge on any atom is 0.140 e. The first-order chi connectivity index (χ1) is 6.70. The van der Waals surface area contributed by atoms with Gasteiger partial charge in [-0.3, -0.25) is 0 Å². The molecule has 0 unspecified atom stereocenters. The molecule has 2 aromatic rings. The van der Waals surface area contributed by atoms with Gasteiger partial charge in [0.2, 0.25) is 0 Å². The summed E-state index contributed by atoms with van der Waals surface area (Å²) in [4.78, 5) is 4.38. The monoisotopic (exact) mass is 223 g/mol. The Bertz CT molecular complexity index is 482. The zero-order valence-corrected chi connectivity index (χ0v) is 9.56. The molecule has 1 aromatic carbocycles. The highest BCUT2D eigenvalue weighted by molar-refractivity contribution is 5.85. The Morgan fingerprint density at radius 1 is 1.20 bits per heavy atom. The van der Waals surface area contributed by atoms with Crippen LogP contribution in [0.15, 0.2) is 24.3 Å². The summed E-state index contributed by atoms with van der Waals surface area (Å²) in [7, 11) is 0. The molecule has 0 aliphatic rings. The first-order valence-corrected chi connectivity index (χ1v) is 4.55. The lowest BCUT2D eigenvalue weighted by atomic mass is 10.1. The fourth-order valence-corrected chi connectivity index (χ4v) is 1.59. The van der Waals surface area contributed by atoms with Crippen molar-refractivity contribution in [2.75, 3.05) is 5.43 Å². The Morgan fingerprint density at radius 3 is 2.60 bits per heavy atom. The Labute approximate surface area is 95.1 Å². The van der Waals surface area contributed by atoms with Crippen molar-refractivity contribution in [3.8, 4) is 0 Å². The van der Waals surface area contributed by atoms with Crippen LogP contribution in [0.3, 0.4) is 0 Å². The summed E-state index contributed by atoms with van der Waals surface area (Å²) in [6.45, 7) is 4.11. The molecule has 15 heavy (non-hydrogen) atoms. The summed E-state index contributed by atoms with van der Waals surface area (Å²) in [5.41, 5.74) is 5.94. The normalized spacial score (nSPS) is 9.80. The number of rotatable bonds is 1. The van der Waals surface area contributed by atoms with Crippen molar-refractivity contribution >= 4 is 29.1 Å². The fourth-order valence-electron chi connectivity index (χ4n) is 1.59. The number of benzene rings is 1. The molecule has 3 N–H and O–H groups in total. The molecular weight excluding hydrogens is 210 g/mol. The number of nitrogens with one attached hydrogen (secondary N) is 1. The van der Waals surface area contributed by atoms with Crippen LogP contribution < -0.4 is 11.3 Å². The van der Waals surface area contributed by atoms with Crippen LogP contribution in [0.1, 0.15) is 11.1 Å². The van der Waals surface area contributed by atoms with Gasteiger partial charge in [0.1, 0.15) is 5.82 Å². The van der Waals surface area contributed by atoms with Gasteiger partial charge in [-0.15, -0.1) is 12.4 Å². The minimum atomic E-state index is 0. The molecule has 3 nitrogen and oxygen atoms in total. The number of pyridine rings is 1. The Hall–Kier alpha value is -1.32. The van der Waals surface area contributed by atoms with Crippen molar-refractivity contribution in [3.05, 3.63) is 35.4 Å². The third kappa shape index (κ3) is 2.19. The molecule has 2 rings (SSSR count). The van der Waals surface area contributed by atoms with E-state index in [9.17, 15) is 0 Å². The van der Waals surface area contributed by atoms with Gasteiger partial charge >= 0.3 is 0 Å². The van der Waals surface area contributed by atoms with Crippen molar-refractivity contribution < 1.29 is 0 Å². The maximum absolute atomic E-state index is 5.34. The minimum Gasteiger partial charge on any atom is -0.308 e. The minimum absolute atomic E-state index is 0. The lowest BCUT2D eigenvalue weighted by molar-refractivity contribution is 1.25. The van der Waals surface area contributed by atoms with Crippen molar-refractivity contribution in [2.45, 2.75) is 13.8 Å². The summed E-state index contributed by atoms with van der Waals surface area (Å²) < 4.78 is 0. The number of aryl methyl sites for hydroxylation is 2. The van der Waals surface area contributed by atoms with Gasteiger partial charge in [-0.1, -0.05) is 12.1 Å².